The van der Waals surface area contributed by atoms with Crippen LogP contribution < -0.4 is 15.8 Å². The third-order valence-electron chi connectivity index (χ3n) is 5.82. The van der Waals surface area contributed by atoms with Crippen molar-refractivity contribution in [3.63, 3.8) is 0 Å². The van der Waals surface area contributed by atoms with E-state index in [4.69, 9.17) is 25.2 Å². The summed E-state index contributed by atoms with van der Waals surface area (Å²) in [5.41, 5.74) is 10.6. The number of aromatic nitrogens is 3. The molecule has 4 rings (SSSR count). The van der Waals surface area contributed by atoms with Crippen molar-refractivity contribution in [3.8, 4) is 28.4 Å². The SMILES string of the molecule is CNCC(O)COc1cccc(-c2nc(C[C@@H]3CCOC3)c(C)c(-c3cccnc3N)n2)c1. The molecule has 1 aliphatic heterocycles. The van der Waals surface area contributed by atoms with E-state index in [9.17, 15) is 5.11 Å². The number of aliphatic hydroxyl groups excluding tert-OH is 1. The molecular weight excluding hydrogens is 418 g/mol. The number of ether oxygens (including phenoxy) is 2. The van der Waals surface area contributed by atoms with E-state index in [1.807, 2.05) is 43.3 Å². The lowest BCUT2D eigenvalue weighted by atomic mass is 9.97. The number of nitrogens with zero attached hydrogens (tertiary/aromatic N) is 3. The first-order valence-corrected chi connectivity index (χ1v) is 11.3. The summed E-state index contributed by atoms with van der Waals surface area (Å²) >= 11 is 0. The van der Waals surface area contributed by atoms with Crippen LogP contribution in [0.15, 0.2) is 42.6 Å². The van der Waals surface area contributed by atoms with Gasteiger partial charge in [-0.05, 0) is 62.6 Å². The predicted octanol–water partition coefficient (Wildman–Crippen LogP) is 2.63. The Morgan fingerprint density at radius 2 is 2.15 bits per heavy atom. The van der Waals surface area contributed by atoms with E-state index >= 15 is 0 Å². The number of likely N-dealkylation sites (N-methyl/N-ethyl adjacent to an activating group) is 1. The van der Waals surface area contributed by atoms with Crippen molar-refractivity contribution >= 4 is 5.82 Å². The summed E-state index contributed by atoms with van der Waals surface area (Å²) in [5, 5.41) is 12.9. The molecule has 8 heteroatoms. The Kier molecular flexibility index (Phi) is 7.49. The molecule has 1 unspecified atom stereocenters. The molecular formula is C25H31N5O3. The van der Waals surface area contributed by atoms with E-state index in [1.54, 1.807) is 13.2 Å². The molecule has 33 heavy (non-hydrogen) atoms. The number of nitrogens with one attached hydrogen (secondary N) is 1. The number of nitrogens with two attached hydrogens (primary N) is 1. The molecule has 2 atom stereocenters. The van der Waals surface area contributed by atoms with Crippen LogP contribution in [0.1, 0.15) is 17.7 Å². The molecule has 8 nitrogen and oxygen atoms in total. The fourth-order valence-electron chi connectivity index (χ4n) is 4.00. The molecule has 1 saturated heterocycles. The maximum absolute atomic E-state index is 9.95. The van der Waals surface area contributed by atoms with Crippen molar-refractivity contribution < 1.29 is 14.6 Å². The second-order valence-corrected chi connectivity index (χ2v) is 8.39. The Balaban J connectivity index is 1.71. The lowest BCUT2D eigenvalue weighted by Crippen LogP contribution is -2.29. The number of aliphatic hydroxyl groups is 1. The first-order chi connectivity index (χ1) is 16.0. The van der Waals surface area contributed by atoms with Crippen molar-refractivity contribution in [2.45, 2.75) is 25.9 Å². The second-order valence-electron chi connectivity index (χ2n) is 8.39. The Labute approximate surface area is 194 Å². The standard InChI is InChI=1S/C25H31N5O3/c1-16-22(11-17-8-10-32-14-17)29-25(30-23(16)21-7-4-9-28-24(21)26)18-5-3-6-20(12-18)33-15-19(31)13-27-2/h3-7,9,12,17,19,27,31H,8,10-11,13-15H2,1-2H3,(H2,26,28)/t17-,19?/m0/s1. The van der Waals surface area contributed by atoms with Crippen LogP contribution in [-0.4, -0.2) is 59.6 Å². The average Bonchev–Trinajstić information content (AvgIpc) is 3.33. The van der Waals surface area contributed by atoms with E-state index < -0.39 is 6.10 Å². The predicted molar refractivity (Wildman–Crippen MR) is 128 cm³/mol. The molecule has 0 amide bonds. The first kappa shape index (κ1) is 23.1. The van der Waals surface area contributed by atoms with Gasteiger partial charge >= 0.3 is 0 Å². The van der Waals surface area contributed by atoms with Crippen LogP contribution in [-0.2, 0) is 11.2 Å². The molecule has 1 aromatic carbocycles. The number of hydrogen-bond acceptors (Lipinski definition) is 8. The second kappa shape index (κ2) is 10.7. The van der Waals surface area contributed by atoms with E-state index in [0.29, 0.717) is 29.9 Å². The highest BCUT2D eigenvalue weighted by Crippen LogP contribution is 2.32. The zero-order valence-corrected chi connectivity index (χ0v) is 19.1. The van der Waals surface area contributed by atoms with Gasteiger partial charge in [0, 0.05) is 42.8 Å². The summed E-state index contributed by atoms with van der Waals surface area (Å²) in [5.74, 6) is 2.14. The van der Waals surface area contributed by atoms with Gasteiger partial charge in [-0.2, -0.15) is 0 Å². The molecule has 3 heterocycles. The molecule has 1 fully saturated rings. The topological polar surface area (TPSA) is 115 Å². The average molecular weight is 450 g/mol. The lowest BCUT2D eigenvalue weighted by molar-refractivity contribution is 0.108. The van der Waals surface area contributed by atoms with Crippen LogP contribution in [0.4, 0.5) is 5.82 Å². The molecule has 0 aliphatic carbocycles. The summed E-state index contributed by atoms with van der Waals surface area (Å²) < 4.78 is 11.4. The van der Waals surface area contributed by atoms with Crippen molar-refractivity contribution in [2.75, 3.05) is 39.1 Å². The van der Waals surface area contributed by atoms with Crippen molar-refractivity contribution in [2.24, 2.45) is 5.92 Å². The van der Waals surface area contributed by atoms with Crippen LogP contribution in [0, 0.1) is 12.8 Å². The third-order valence-corrected chi connectivity index (χ3v) is 5.82. The number of rotatable bonds is 9. The summed E-state index contributed by atoms with van der Waals surface area (Å²) in [7, 11) is 1.79. The quantitative estimate of drug-likeness (QED) is 0.457. The summed E-state index contributed by atoms with van der Waals surface area (Å²) in [4.78, 5) is 14.1. The van der Waals surface area contributed by atoms with Crippen LogP contribution >= 0.6 is 0 Å². The molecule has 174 valence electrons. The Hall–Kier alpha value is -3.07. The Morgan fingerprint density at radius 3 is 2.91 bits per heavy atom. The molecule has 4 N–H and O–H groups in total. The Morgan fingerprint density at radius 1 is 1.27 bits per heavy atom. The van der Waals surface area contributed by atoms with Crippen molar-refractivity contribution in [1.29, 1.82) is 0 Å². The van der Waals surface area contributed by atoms with Gasteiger partial charge in [0.05, 0.1) is 5.69 Å². The van der Waals surface area contributed by atoms with Crippen LogP contribution in [0.25, 0.3) is 22.6 Å². The zero-order valence-electron chi connectivity index (χ0n) is 19.1. The minimum Gasteiger partial charge on any atom is -0.491 e. The van der Waals surface area contributed by atoms with Gasteiger partial charge < -0.3 is 25.6 Å². The first-order valence-electron chi connectivity index (χ1n) is 11.3. The Bertz CT molecular complexity index is 1090. The van der Waals surface area contributed by atoms with Gasteiger partial charge in [0.25, 0.3) is 0 Å². The molecule has 0 radical (unpaired) electrons. The van der Waals surface area contributed by atoms with E-state index in [2.05, 4.69) is 10.3 Å². The minimum absolute atomic E-state index is 0.198. The van der Waals surface area contributed by atoms with E-state index in [0.717, 1.165) is 54.1 Å². The maximum atomic E-state index is 9.95. The monoisotopic (exact) mass is 449 g/mol. The molecule has 0 bridgehead atoms. The van der Waals surface area contributed by atoms with Gasteiger partial charge in [0.1, 0.15) is 24.3 Å². The molecule has 3 aromatic rings. The molecule has 0 spiro atoms. The zero-order chi connectivity index (χ0) is 23.2. The lowest BCUT2D eigenvalue weighted by Gasteiger charge is -2.16. The minimum atomic E-state index is -0.588. The third kappa shape index (κ3) is 5.65. The fraction of sp³-hybridized carbons (Fsp3) is 0.400. The van der Waals surface area contributed by atoms with Crippen molar-refractivity contribution in [3.05, 3.63) is 53.9 Å². The van der Waals surface area contributed by atoms with Crippen molar-refractivity contribution in [1.82, 2.24) is 20.3 Å². The number of benzene rings is 1. The highest BCUT2D eigenvalue weighted by atomic mass is 16.5. The number of anilines is 1. The highest BCUT2D eigenvalue weighted by Gasteiger charge is 2.22. The normalized spacial score (nSPS) is 16.6. The van der Waals surface area contributed by atoms with Gasteiger partial charge in [-0.3, -0.25) is 0 Å². The largest absolute Gasteiger partial charge is 0.491 e. The van der Waals surface area contributed by atoms with E-state index in [-0.39, 0.29) is 6.61 Å². The van der Waals surface area contributed by atoms with Gasteiger partial charge in [0.2, 0.25) is 0 Å². The molecule has 2 aromatic heterocycles. The smallest absolute Gasteiger partial charge is 0.160 e. The maximum Gasteiger partial charge on any atom is 0.160 e. The number of nitrogen functional groups attached to an aromatic ring is 1. The highest BCUT2D eigenvalue weighted by molar-refractivity contribution is 5.75. The van der Waals surface area contributed by atoms with Crippen LogP contribution in [0.5, 0.6) is 5.75 Å². The van der Waals surface area contributed by atoms with Gasteiger partial charge in [-0.1, -0.05) is 12.1 Å². The van der Waals surface area contributed by atoms with Gasteiger partial charge in [0.15, 0.2) is 5.82 Å². The van der Waals surface area contributed by atoms with E-state index in [1.165, 1.54) is 0 Å². The summed E-state index contributed by atoms with van der Waals surface area (Å²) in [6.07, 6.45) is 2.94. The van der Waals surface area contributed by atoms with Gasteiger partial charge in [-0.25, -0.2) is 15.0 Å². The summed E-state index contributed by atoms with van der Waals surface area (Å²) in [6.45, 7) is 4.25. The summed E-state index contributed by atoms with van der Waals surface area (Å²) in [6, 6.07) is 11.4. The van der Waals surface area contributed by atoms with Crippen LogP contribution in [0.2, 0.25) is 0 Å². The molecule has 1 aliphatic rings. The van der Waals surface area contributed by atoms with Gasteiger partial charge in [-0.15, -0.1) is 0 Å². The molecule has 0 saturated carbocycles. The number of hydrogen-bond donors (Lipinski definition) is 3. The number of pyridine rings is 1. The fourth-order valence-corrected chi connectivity index (χ4v) is 4.00. The van der Waals surface area contributed by atoms with Crippen LogP contribution in [0.3, 0.4) is 0 Å².